The molecule has 1 N–H and O–H groups in total. The van der Waals surface area contributed by atoms with Gasteiger partial charge in [-0.05, 0) is 67.6 Å². The summed E-state index contributed by atoms with van der Waals surface area (Å²) in [5.74, 6) is -3.40. The molecule has 8 nitrogen and oxygen atoms in total. The minimum absolute atomic E-state index is 0.00970. The molecule has 0 aromatic heterocycles. The highest BCUT2D eigenvalue weighted by Gasteiger charge is 2.09. The molecule has 0 fully saturated rings. The molecule has 0 aliphatic carbocycles. The van der Waals surface area contributed by atoms with Crippen molar-refractivity contribution in [2.75, 3.05) is 13.2 Å². The van der Waals surface area contributed by atoms with Gasteiger partial charge in [0.25, 0.3) is 0 Å². The van der Waals surface area contributed by atoms with Crippen LogP contribution >= 0.6 is 0 Å². The number of carbonyl (C=O) groups is 4. The van der Waals surface area contributed by atoms with Gasteiger partial charge in [-0.2, -0.15) is 0 Å². The lowest BCUT2D eigenvalue weighted by molar-refractivity contribution is -0.255. The third kappa shape index (κ3) is 7.05. The molecular formula is C22H21O8-. The van der Waals surface area contributed by atoms with Crippen LogP contribution in [0.2, 0.25) is 0 Å². The molecule has 0 unspecified atom stereocenters. The molecule has 0 saturated heterocycles. The highest BCUT2D eigenvalue weighted by Crippen LogP contribution is 2.09. The van der Waals surface area contributed by atoms with Gasteiger partial charge in [-0.1, -0.05) is 12.1 Å². The number of esters is 2. The van der Waals surface area contributed by atoms with Crippen LogP contribution in [0, 0.1) is 0 Å². The maximum Gasteiger partial charge on any atom is 0.338 e. The molecule has 8 heteroatoms. The van der Waals surface area contributed by atoms with E-state index >= 15 is 0 Å². The molecular weight excluding hydrogens is 392 g/mol. The quantitative estimate of drug-likeness (QED) is 0.439. The molecule has 2 aromatic rings. The van der Waals surface area contributed by atoms with Crippen LogP contribution in [0.4, 0.5) is 0 Å². The number of aromatic carboxylic acids is 2. The Balaban J connectivity index is 1.56. The zero-order valence-corrected chi connectivity index (χ0v) is 16.2. The second-order valence-electron chi connectivity index (χ2n) is 6.43. The lowest BCUT2D eigenvalue weighted by atomic mass is 10.1. The SMILES string of the molecule is O=C([O-])c1ccc(C(=O)OCCCCCCOC(=O)c2ccc(C(=O)O)cc2)cc1. The summed E-state index contributed by atoms with van der Waals surface area (Å²) in [6.45, 7) is 0.473. The second kappa shape index (κ2) is 11.4. The number of ether oxygens (including phenoxy) is 2. The summed E-state index contributed by atoms with van der Waals surface area (Å²) in [6.07, 6.45) is 2.86. The van der Waals surface area contributed by atoms with Crippen molar-refractivity contribution in [2.24, 2.45) is 0 Å². The van der Waals surface area contributed by atoms with E-state index in [0.717, 1.165) is 12.8 Å². The summed E-state index contributed by atoms with van der Waals surface area (Å²) in [4.78, 5) is 45.2. The molecule has 0 radical (unpaired) electrons. The lowest BCUT2D eigenvalue weighted by Crippen LogP contribution is -2.22. The van der Waals surface area contributed by atoms with Crippen LogP contribution in [0.5, 0.6) is 0 Å². The summed E-state index contributed by atoms with van der Waals surface area (Å²) in [5.41, 5.74) is 0.647. The van der Waals surface area contributed by atoms with Gasteiger partial charge in [-0.25, -0.2) is 14.4 Å². The fraction of sp³-hybridized carbons (Fsp3) is 0.273. The van der Waals surface area contributed by atoms with E-state index in [1.54, 1.807) is 0 Å². The first-order valence-corrected chi connectivity index (χ1v) is 9.37. The molecule has 0 atom stereocenters. The minimum atomic E-state index is -1.31. The van der Waals surface area contributed by atoms with Gasteiger partial charge in [0.15, 0.2) is 0 Å². The largest absolute Gasteiger partial charge is 0.545 e. The van der Waals surface area contributed by atoms with E-state index in [0.29, 0.717) is 18.4 Å². The zero-order chi connectivity index (χ0) is 21.9. The van der Waals surface area contributed by atoms with Crippen molar-refractivity contribution in [3.8, 4) is 0 Å². The molecule has 0 aliphatic rings. The number of hydrogen-bond donors (Lipinski definition) is 1. The molecule has 0 bridgehead atoms. The average Bonchev–Trinajstić information content (AvgIpc) is 2.75. The summed E-state index contributed by atoms with van der Waals surface area (Å²) < 4.78 is 10.3. The van der Waals surface area contributed by atoms with Crippen LogP contribution < -0.4 is 5.11 Å². The third-order valence-electron chi connectivity index (χ3n) is 4.23. The Morgan fingerprint density at radius 3 is 1.37 bits per heavy atom. The topological polar surface area (TPSA) is 130 Å². The van der Waals surface area contributed by atoms with Gasteiger partial charge in [-0.3, -0.25) is 0 Å². The molecule has 2 aromatic carbocycles. The summed E-state index contributed by atoms with van der Waals surface area (Å²) in [5, 5.41) is 19.5. The average molecular weight is 413 g/mol. The third-order valence-corrected chi connectivity index (χ3v) is 4.23. The van der Waals surface area contributed by atoms with Gasteiger partial charge in [0.2, 0.25) is 0 Å². The summed E-state index contributed by atoms with van der Waals surface area (Å²) >= 11 is 0. The van der Waals surface area contributed by atoms with E-state index in [1.807, 2.05) is 0 Å². The highest BCUT2D eigenvalue weighted by atomic mass is 16.5. The molecule has 0 amide bonds. The number of rotatable bonds is 11. The van der Waals surface area contributed by atoms with E-state index in [-0.39, 0.29) is 29.9 Å². The van der Waals surface area contributed by atoms with Gasteiger partial charge < -0.3 is 24.5 Å². The molecule has 0 spiro atoms. The van der Waals surface area contributed by atoms with E-state index in [9.17, 15) is 24.3 Å². The van der Waals surface area contributed by atoms with Gasteiger partial charge in [0.1, 0.15) is 0 Å². The van der Waals surface area contributed by atoms with Gasteiger partial charge >= 0.3 is 17.9 Å². The Kier molecular flexibility index (Phi) is 8.56. The molecule has 2 rings (SSSR count). The second-order valence-corrected chi connectivity index (χ2v) is 6.43. The van der Waals surface area contributed by atoms with E-state index in [2.05, 4.69) is 0 Å². The fourth-order valence-corrected chi connectivity index (χ4v) is 2.55. The van der Waals surface area contributed by atoms with Crippen molar-refractivity contribution in [2.45, 2.75) is 25.7 Å². The van der Waals surface area contributed by atoms with Crippen LogP contribution in [-0.4, -0.2) is 42.2 Å². The number of hydrogen-bond acceptors (Lipinski definition) is 7. The number of unbranched alkanes of at least 4 members (excludes halogenated alkanes) is 3. The van der Waals surface area contributed by atoms with Crippen molar-refractivity contribution >= 4 is 23.9 Å². The Labute approximate surface area is 173 Å². The maximum atomic E-state index is 11.9. The first kappa shape index (κ1) is 22.6. The standard InChI is InChI=1S/C22H22O8/c23-19(24)15-5-9-17(10-6-15)21(27)29-13-3-1-2-4-14-30-22(28)18-11-7-16(8-12-18)20(25)26/h5-12H,1-4,13-14H2,(H,23,24)(H,25,26)/p-1. The predicted molar refractivity (Wildman–Crippen MR) is 103 cm³/mol. The molecule has 0 aliphatic heterocycles. The van der Waals surface area contributed by atoms with Crippen molar-refractivity contribution in [3.05, 3.63) is 70.8 Å². The van der Waals surface area contributed by atoms with Crippen molar-refractivity contribution in [1.29, 1.82) is 0 Å². The Morgan fingerprint density at radius 1 is 0.633 bits per heavy atom. The normalized spacial score (nSPS) is 10.3. The van der Waals surface area contributed by atoms with Crippen LogP contribution in [0.25, 0.3) is 0 Å². The van der Waals surface area contributed by atoms with Crippen LogP contribution in [0.1, 0.15) is 67.1 Å². The Bertz CT molecular complexity index is 809. The fourth-order valence-electron chi connectivity index (χ4n) is 2.55. The zero-order valence-electron chi connectivity index (χ0n) is 16.2. The van der Waals surface area contributed by atoms with Gasteiger partial charge in [0.05, 0.1) is 35.9 Å². The number of carboxylic acids is 2. The molecule has 0 heterocycles. The van der Waals surface area contributed by atoms with E-state index in [4.69, 9.17) is 14.6 Å². The summed E-state index contributed by atoms with van der Waals surface area (Å²) in [7, 11) is 0. The van der Waals surface area contributed by atoms with Crippen LogP contribution in [0.3, 0.4) is 0 Å². The first-order chi connectivity index (χ1) is 14.4. The number of carboxylic acid groups (broad SMARTS) is 2. The van der Waals surface area contributed by atoms with E-state index in [1.165, 1.54) is 48.5 Å². The molecule has 30 heavy (non-hydrogen) atoms. The Morgan fingerprint density at radius 2 is 1.00 bits per heavy atom. The summed E-state index contributed by atoms with van der Waals surface area (Å²) in [6, 6.07) is 10.8. The number of carbonyl (C=O) groups excluding carboxylic acids is 3. The van der Waals surface area contributed by atoms with Crippen molar-refractivity contribution < 1.29 is 38.9 Å². The molecule has 0 saturated carbocycles. The smallest absolute Gasteiger partial charge is 0.338 e. The van der Waals surface area contributed by atoms with Gasteiger partial charge in [0, 0.05) is 0 Å². The minimum Gasteiger partial charge on any atom is -0.545 e. The molecule has 158 valence electrons. The first-order valence-electron chi connectivity index (χ1n) is 9.37. The predicted octanol–water partition coefficient (Wildman–Crippen LogP) is 2.32. The Hall–Kier alpha value is -3.68. The van der Waals surface area contributed by atoms with Gasteiger partial charge in [-0.15, -0.1) is 0 Å². The van der Waals surface area contributed by atoms with Crippen molar-refractivity contribution in [1.82, 2.24) is 0 Å². The number of benzene rings is 2. The highest BCUT2D eigenvalue weighted by molar-refractivity contribution is 5.93. The maximum absolute atomic E-state index is 11.9. The lowest BCUT2D eigenvalue weighted by Gasteiger charge is -2.07. The van der Waals surface area contributed by atoms with Crippen LogP contribution in [-0.2, 0) is 9.47 Å². The monoisotopic (exact) mass is 413 g/mol. The van der Waals surface area contributed by atoms with Crippen LogP contribution in [0.15, 0.2) is 48.5 Å². The van der Waals surface area contributed by atoms with Crippen molar-refractivity contribution in [3.63, 3.8) is 0 Å². The van der Waals surface area contributed by atoms with E-state index < -0.39 is 23.9 Å².